The maximum absolute atomic E-state index is 9.73. The Hall–Kier alpha value is -1.69. The van der Waals surface area contributed by atoms with Crippen LogP contribution in [-0.4, -0.2) is 37.0 Å². The second kappa shape index (κ2) is 12.0. The van der Waals surface area contributed by atoms with Crippen molar-refractivity contribution in [2.24, 2.45) is 5.92 Å². The zero-order chi connectivity index (χ0) is 20.4. The lowest BCUT2D eigenvalue weighted by Crippen LogP contribution is -2.26. The number of aryl methyl sites for hydroxylation is 2. The van der Waals surface area contributed by atoms with Crippen molar-refractivity contribution in [1.82, 2.24) is 0 Å². The summed E-state index contributed by atoms with van der Waals surface area (Å²) in [5, 5.41) is 9.73. The van der Waals surface area contributed by atoms with E-state index in [0.29, 0.717) is 25.6 Å². The van der Waals surface area contributed by atoms with Crippen LogP contribution in [0, 0.1) is 19.8 Å². The van der Waals surface area contributed by atoms with Crippen LogP contribution in [0.5, 0.6) is 11.5 Å². The minimum absolute atomic E-state index is 0.219. The molecule has 1 atom stereocenters. The molecule has 1 N–H and O–H groups in total. The number of ether oxygens (including phenoxy) is 3. The summed E-state index contributed by atoms with van der Waals surface area (Å²) in [6.07, 6.45) is 0.557. The van der Waals surface area contributed by atoms with Gasteiger partial charge in [-0.3, -0.25) is 0 Å². The van der Waals surface area contributed by atoms with Gasteiger partial charge in [0.25, 0.3) is 0 Å². The number of rotatable bonds is 12. The Kier molecular flexibility index (Phi) is 9.68. The molecule has 28 heavy (non-hydrogen) atoms. The molecule has 0 radical (unpaired) electrons. The summed E-state index contributed by atoms with van der Waals surface area (Å²) in [4.78, 5) is 1.14. The third-order valence-corrected chi connectivity index (χ3v) is 5.62. The van der Waals surface area contributed by atoms with Crippen LogP contribution in [0.25, 0.3) is 0 Å². The fourth-order valence-corrected chi connectivity index (χ4v) is 3.88. The Morgan fingerprint density at radius 3 is 2.25 bits per heavy atom. The molecule has 0 aromatic heterocycles. The smallest absolute Gasteiger partial charge is 0.157 e. The van der Waals surface area contributed by atoms with Crippen molar-refractivity contribution < 1.29 is 19.3 Å². The molecule has 154 valence electrons. The molecule has 0 saturated carbocycles. The predicted molar refractivity (Wildman–Crippen MR) is 115 cm³/mol. The summed E-state index contributed by atoms with van der Waals surface area (Å²) in [7, 11) is 0. The second-order valence-corrected chi connectivity index (χ2v) is 7.92. The Morgan fingerprint density at radius 1 is 0.964 bits per heavy atom. The van der Waals surface area contributed by atoms with Gasteiger partial charge in [-0.05, 0) is 63.6 Å². The third kappa shape index (κ3) is 7.74. The average Bonchev–Trinajstić information content (AvgIpc) is 2.68. The van der Waals surface area contributed by atoms with Crippen molar-refractivity contribution in [3.05, 3.63) is 53.6 Å². The Bertz CT molecular complexity index is 696. The molecular formula is C23H32O4S. The highest BCUT2D eigenvalue weighted by molar-refractivity contribution is 7.99. The number of thioether (sulfide) groups is 1. The fourth-order valence-electron chi connectivity index (χ4n) is 2.79. The maximum atomic E-state index is 9.73. The fraction of sp³-hybridized carbons (Fsp3) is 0.478. The van der Waals surface area contributed by atoms with Crippen LogP contribution >= 0.6 is 11.8 Å². The Morgan fingerprint density at radius 2 is 1.64 bits per heavy atom. The van der Waals surface area contributed by atoms with Gasteiger partial charge in [0.1, 0.15) is 11.5 Å². The van der Waals surface area contributed by atoms with Crippen LogP contribution in [0.1, 0.15) is 31.4 Å². The van der Waals surface area contributed by atoms with E-state index < -0.39 is 0 Å². The molecular weight excluding hydrogens is 372 g/mol. The van der Waals surface area contributed by atoms with Crippen molar-refractivity contribution in [2.75, 3.05) is 25.6 Å². The second-order valence-electron chi connectivity index (χ2n) is 6.83. The molecule has 1 unspecified atom stereocenters. The van der Waals surface area contributed by atoms with Crippen LogP contribution < -0.4 is 4.74 Å². The molecule has 0 saturated heterocycles. The van der Waals surface area contributed by atoms with E-state index in [-0.39, 0.29) is 12.2 Å². The normalized spacial score (nSPS) is 12.3. The third-order valence-electron chi connectivity index (χ3n) is 4.39. The number of phenols is 1. The molecule has 0 amide bonds. The highest BCUT2D eigenvalue weighted by Gasteiger charge is 2.19. The molecule has 0 aliphatic heterocycles. The van der Waals surface area contributed by atoms with Crippen molar-refractivity contribution >= 4 is 11.8 Å². The van der Waals surface area contributed by atoms with Crippen molar-refractivity contribution in [3.63, 3.8) is 0 Å². The van der Waals surface area contributed by atoms with E-state index in [0.717, 1.165) is 28.4 Å². The van der Waals surface area contributed by atoms with Crippen molar-refractivity contribution in [2.45, 2.75) is 45.3 Å². The maximum Gasteiger partial charge on any atom is 0.157 e. The van der Waals surface area contributed by atoms with Crippen LogP contribution in [-0.2, 0) is 9.47 Å². The van der Waals surface area contributed by atoms with Gasteiger partial charge in [-0.15, -0.1) is 11.8 Å². The van der Waals surface area contributed by atoms with Gasteiger partial charge in [-0.2, -0.15) is 0 Å². The molecule has 0 spiro atoms. The van der Waals surface area contributed by atoms with Gasteiger partial charge >= 0.3 is 0 Å². The summed E-state index contributed by atoms with van der Waals surface area (Å²) in [5.41, 5.74) is 2.11. The number of hydrogen-bond donors (Lipinski definition) is 1. The van der Waals surface area contributed by atoms with Gasteiger partial charge < -0.3 is 19.3 Å². The first kappa shape index (κ1) is 22.6. The topological polar surface area (TPSA) is 47.9 Å². The van der Waals surface area contributed by atoms with Gasteiger partial charge in [0.2, 0.25) is 0 Å². The van der Waals surface area contributed by atoms with Gasteiger partial charge in [-0.1, -0.05) is 17.7 Å². The lowest BCUT2D eigenvalue weighted by Gasteiger charge is -2.23. The minimum Gasteiger partial charge on any atom is -0.508 e. The van der Waals surface area contributed by atoms with E-state index in [1.807, 2.05) is 45.0 Å². The number of hydrogen-bond acceptors (Lipinski definition) is 5. The molecule has 2 aromatic carbocycles. The zero-order valence-corrected chi connectivity index (χ0v) is 18.1. The SMILES string of the molecule is CCOC(CC(COc1ccc(C)cc1)CSc1ccc(O)c(C)c1)OCC. The Labute approximate surface area is 173 Å². The molecule has 2 aromatic rings. The van der Waals surface area contributed by atoms with Gasteiger partial charge in [-0.25, -0.2) is 0 Å². The molecule has 0 bridgehead atoms. The molecule has 5 heteroatoms. The van der Waals surface area contributed by atoms with Crippen LogP contribution in [0.3, 0.4) is 0 Å². The molecule has 4 nitrogen and oxygen atoms in total. The van der Waals surface area contributed by atoms with Gasteiger partial charge in [0.05, 0.1) is 6.61 Å². The number of benzene rings is 2. The van der Waals surface area contributed by atoms with Crippen LogP contribution in [0.2, 0.25) is 0 Å². The monoisotopic (exact) mass is 404 g/mol. The minimum atomic E-state index is -0.219. The van der Waals surface area contributed by atoms with Crippen molar-refractivity contribution in [1.29, 1.82) is 0 Å². The molecule has 0 aliphatic carbocycles. The zero-order valence-electron chi connectivity index (χ0n) is 17.3. The van der Waals surface area contributed by atoms with E-state index >= 15 is 0 Å². The van der Waals surface area contributed by atoms with Gasteiger partial charge in [0, 0.05) is 36.2 Å². The lowest BCUT2D eigenvalue weighted by molar-refractivity contribution is -0.146. The molecule has 0 heterocycles. The summed E-state index contributed by atoms with van der Waals surface area (Å²) in [6.45, 7) is 9.80. The summed E-state index contributed by atoms with van der Waals surface area (Å²) >= 11 is 1.76. The van der Waals surface area contributed by atoms with Crippen molar-refractivity contribution in [3.8, 4) is 11.5 Å². The number of phenolic OH excluding ortho intramolecular Hbond substituents is 1. The Balaban J connectivity index is 2.00. The van der Waals surface area contributed by atoms with Gasteiger partial charge in [0.15, 0.2) is 6.29 Å². The quantitative estimate of drug-likeness (QED) is 0.369. The van der Waals surface area contributed by atoms with E-state index in [1.54, 1.807) is 17.8 Å². The number of aromatic hydroxyl groups is 1. The summed E-state index contributed by atoms with van der Waals surface area (Å²) < 4.78 is 17.5. The highest BCUT2D eigenvalue weighted by atomic mass is 32.2. The van der Waals surface area contributed by atoms with E-state index in [1.165, 1.54) is 5.56 Å². The first-order valence-corrected chi connectivity index (χ1v) is 10.9. The van der Waals surface area contributed by atoms with Crippen LogP contribution in [0.15, 0.2) is 47.4 Å². The highest BCUT2D eigenvalue weighted by Crippen LogP contribution is 2.28. The molecule has 0 aliphatic rings. The van der Waals surface area contributed by atoms with E-state index in [4.69, 9.17) is 14.2 Å². The van der Waals surface area contributed by atoms with Crippen LogP contribution in [0.4, 0.5) is 0 Å². The van der Waals surface area contributed by atoms with E-state index in [2.05, 4.69) is 19.1 Å². The van der Waals surface area contributed by atoms with E-state index in [9.17, 15) is 5.11 Å². The average molecular weight is 405 g/mol. The summed E-state index contributed by atoms with van der Waals surface area (Å²) in [5.74, 6) is 2.36. The molecule has 2 rings (SSSR count). The largest absolute Gasteiger partial charge is 0.508 e. The summed E-state index contributed by atoms with van der Waals surface area (Å²) in [6, 6.07) is 13.8. The first-order chi connectivity index (χ1) is 13.5. The standard InChI is InChI=1S/C23H32O4S/c1-5-25-23(26-6-2)14-19(15-27-20-9-7-17(3)8-10-20)16-28-21-11-12-22(24)18(4)13-21/h7-13,19,23-24H,5-6,14-16H2,1-4H3. The first-order valence-electron chi connectivity index (χ1n) is 9.86. The predicted octanol–water partition coefficient (Wildman–Crippen LogP) is 5.59. The molecule has 0 fully saturated rings. The lowest BCUT2D eigenvalue weighted by atomic mass is 10.1.